The van der Waals surface area contributed by atoms with E-state index < -0.39 is 41.9 Å². The topological polar surface area (TPSA) is 172 Å². The van der Waals surface area contributed by atoms with E-state index in [2.05, 4.69) is 35.1 Å². The van der Waals surface area contributed by atoms with Crippen molar-refractivity contribution in [2.24, 2.45) is 11.5 Å². The predicted molar refractivity (Wildman–Crippen MR) is 198 cm³/mol. The molecule has 49 heavy (non-hydrogen) atoms. The van der Waals surface area contributed by atoms with E-state index in [-0.39, 0.29) is 12.3 Å². The van der Waals surface area contributed by atoms with Crippen LogP contribution in [-0.4, -0.2) is 96.4 Å². The summed E-state index contributed by atoms with van der Waals surface area (Å²) in [4.78, 5) is 56.8. The molecule has 12 heteroatoms. The van der Waals surface area contributed by atoms with Crippen LogP contribution in [0.2, 0.25) is 0 Å². The van der Waals surface area contributed by atoms with Crippen LogP contribution in [0.25, 0.3) is 0 Å². The quantitative estimate of drug-likeness (QED) is 0.114. The Bertz CT molecular complexity index is 1280. The Hall–Kier alpha value is -3.45. The van der Waals surface area contributed by atoms with Gasteiger partial charge in [-0.2, -0.15) is 11.8 Å². The monoisotopic (exact) mass is 695 g/mol. The largest absolute Gasteiger partial charge is 0.343 e. The summed E-state index contributed by atoms with van der Waals surface area (Å²) in [5.74, 6) is 0.407. The smallest absolute Gasteiger partial charge is 0.245 e. The third kappa shape index (κ3) is 14.9. The Morgan fingerprint density at radius 2 is 1.33 bits per heavy atom. The lowest BCUT2D eigenvalue weighted by atomic mass is 10.0. The summed E-state index contributed by atoms with van der Waals surface area (Å²) in [6.07, 6.45) is 4.23. The van der Waals surface area contributed by atoms with Crippen LogP contribution >= 0.6 is 11.8 Å². The maximum atomic E-state index is 13.9. The van der Waals surface area contributed by atoms with Crippen molar-refractivity contribution in [3.05, 3.63) is 71.8 Å². The van der Waals surface area contributed by atoms with Crippen molar-refractivity contribution in [1.29, 1.82) is 0 Å². The summed E-state index contributed by atoms with van der Waals surface area (Å²) >= 11 is 1.83. The van der Waals surface area contributed by atoms with Crippen LogP contribution in [0.1, 0.15) is 63.5 Å². The summed E-state index contributed by atoms with van der Waals surface area (Å²) < 4.78 is 0. The lowest BCUT2D eigenvalue weighted by Gasteiger charge is -2.29. The van der Waals surface area contributed by atoms with Gasteiger partial charge in [-0.3, -0.25) is 19.2 Å². The minimum atomic E-state index is -0.976. The fourth-order valence-corrected chi connectivity index (χ4v) is 6.63. The molecule has 0 aliphatic carbocycles. The number of amides is 4. The number of rotatable bonds is 20. The van der Waals surface area contributed by atoms with Crippen LogP contribution in [0.4, 0.5) is 0 Å². The third-order valence-corrected chi connectivity index (χ3v) is 9.55. The molecule has 0 saturated carbocycles. The first kappa shape index (κ1) is 40.0. The maximum Gasteiger partial charge on any atom is 0.245 e. The van der Waals surface area contributed by atoms with Gasteiger partial charge in [-0.15, -0.1) is 0 Å². The van der Waals surface area contributed by atoms with E-state index in [0.29, 0.717) is 64.2 Å². The molecule has 0 bridgehead atoms. The van der Waals surface area contributed by atoms with Crippen molar-refractivity contribution in [2.45, 2.75) is 95.4 Å². The SMILES string of the molecule is CC(C)NCCC[C@@H](NC(=O)[C@@H](CCCCN)NC(=O)[C@@H](Cc1ccccc1)NC(=O)[C@H](N)Cc1ccccc1)C(=O)N1CCCSCC1. The number of carbonyl (C=O) groups is 4. The van der Waals surface area contributed by atoms with Gasteiger partial charge in [0.25, 0.3) is 0 Å². The maximum absolute atomic E-state index is 13.9. The number of nitrogens with two attached hydrogens (primary N) is 2. The number of carbonyl (C=O) groups excluding carboxylic acids is 4. The molecule has 270 valence electrons. The minimum absolute atomic E-state index is 0.0888. The zero-order chi connectivity index (χ0) is 35.4. The highest BCUT2D eigenvalue weighted by atomic mass is 32.2. The molecule has 1 saturated heterocycles. The summed E-state index contributed by atoms with van der Waals surface area (Å²) in [5.41, 5.74) is 13.8. The minimum Gasteiger partial charge on any atom is -0.343 e. The Balaban J connectivity index is 1.77. The molecule has 4 amide bonds. The van der Waals surface area contributed by atoms with Crippen molar-refractivity contribution >= 4 is 35.4 Å². The molecule has 1 fully saturated rings. The lowest BCUT2D eigenvalue weighted by molar-refractivity contribution is -0.138. The van der Waals surface area contributed by atoms with Gasteiger partial charge in [0.2, 0.25) is 23.6 Å². The highest BCUT2D eigenvalue weighted by molar-refractivity contribution is 7.99. The Morgan fingerprint density at radius 3 is 1.98 bits per heavy atom. The number of hydrogen-bond acceptors (Lipinski definition) is 8. The van der Waals surface area contributed by atoms with Crippen molar-refractivity contribution in [3.8, 4) is 0 Å². The number of hydrogen-bond donors (Lipinski definition) is 6. The van der Waals surface area contributed by atoms with E-state index in [0.717, 1.165) is 35.6 Å². The molecule has 0 unspecified atom stereocenters. The lowest BCUT2D eigenvalue weighted by Crippen LogP contribution is -2.58. The fourth-order valence-electron chi connectivity index (χ4n) is 5.75. The van der Waals surface area contributed by atoms with E-state index in [9.17, 15) is 19.2 Å². The van der Waals surface area contributed by atoms with Crippen molar-refractivity contribution in [2.75, 3.05) is 37.7 Å². The Labute approximate surface area is 296 Å². The summed E-state index contributed by atoms with van der Waals surface area (Å²) in [6.45, 7) is 6.61. The van der Waals surface area contributed by atoms with Crippen LogP contribution in [0.15, 0.2) is 60.7 Å². The zero-order valence-corrected chi connectivity index (χ0v) is 30.0. The first-order valence-electron chi connectivity index (χ1n) is 17.7. The van der Waals surface area contributed by atoms with E-state index in [1.807, 2.05) is 77.3 Å². The molecule has 0 radical (unpaired) electrons. The van der Waals surface area contributed by atoms with Crippen molar-refractivity contribution in [1.82, 2.24) is 26.2 Å². The molecule has 1 aliphatic heterocycles. The van der Waals surface area contributed by atoms with Gasteiger partial charge >= 0.3 is 0 Å². The van der Waals surface area contributed by atoms with Crippen molar-refractivity contribution < 1.29 is 19.2 Å². The Morgan fingerprint density at radius 1 is 0.735 bits per heavy atom. The highest BCUT2D eigenvalue weighted by Gasteiger charge is 2.32. The zero-order valence-electron chi connectivity index (χ0n) is 29.2. The fraction of sp³-hybridized carbons (Fsp3) is 0.568. The van der Waals surface area contributed by atoms with Crippen LogP contribution in [-0.2, 0) is 32.0 Å². The number of thioether (sulfide) groups is 1. The van der Waals surface area contributed by atoms with Crippen LogP contribution < -0.4 is 32.7 Å². The van der Waals surface area contributed by atoms with E-state index in [1.54, 1.807) is 0 Å². The molecule has 11 nitrogen and oxygen atoms in total. The number of unbranched alkanes of at least 4 members (excludes halogenated alkanes) is 1. The van der Waals surface area contributed by atoms with Gasteiger partial charge in [-0.1, -0.05) is 74.5 Å². The summed E-state index contributed by atoms with van der Waals surface area (Å²) in [7, 11) is 0. The summed E-state index contributed by atoms with van der Waals surface area (Å²) in [6, 6.07) is 15.7. The first-order valence-corrected chi connectivity index (χ1v) is 18.9. The standard InChI is InChI=1S/C37H57N7O4S/c1-27(2)40-20-11-18-32(37(48)44-21-12-23-49-24-22-44)42-35(46)31(17-9-10-19-38)41-36(47)33(26-29-15-7-4-8-16-29)43-34(45)30(39)25-28-13-5-3-6-14-28/h3-8,13-16,27,30-33,40H,9-12,17-26,38-39H2,1-2H3,(H,41,47)(H,42,46)(H,43,45)/t30-,31-,32-,33-/m1/s1. The van der Waals surface area contributed by atoms with Gasteiger partial charge in [0, 0.05) is 31.3 Å². The molecule has 2 aromatic carbocycles. The Kier molecular flexibility index (Phi) is 18.2. The number of nitrogens with zero attached hydrogens (tertiary/aromatic N) is 1. The molecule has 8 N–H and O–H groups in total. The molecular formula is C37H57N7O4S. The van der Waals surface area contributed by atoms with Gasteiger partial charge in [0.05, 0.1) is 6.04 Å². The second kappa shape index (κ2) is 22.3. The normalized spacial score (nSPS) is 15.8. The second-order valence-electron chi connectivity index (χ2n) is 13.0. The van der Waals surface area contributed by atoms with Gasteiger partial charge in [0.1, 0.15) is 18.1 Å². The van der Waals surface area contributed by atoms with E-state index in [1.165, 1.54) is 0 Å². The van der Waals surface area contributed by atoms with Crippen molar-refractivity contribution in [3.63, 3.8) is 0 Å². The molecule has 3 rings (SSSR count). The molecule has 2 aromatic rings. The number of nitrogens with one attached hydrogen (secondary N) is 4. The molecular weight excluding hydrogens is 639 g/mol. The van der Waals surface area contributed by atoms with Crippen LogP contribution in [0, 0.1) is 0 Å². The van der Waals surface area contributed by atoms with Gasteiger partial charge in [-0.05, 0) is 74.9 Å². The molecule has 1 aliphatic rings. The second-order valence-corrected chi connectivity index (χ2v) is 14.2. The number of benzene rings is 2. The molecule has 0 aromatic heterocycles. The van der Waals surface area contributed by atoms with E-state index in [4.69, 9.17) is 11.5 Å². The van der Waals surface area contributed by atoms with Crippen LogP contribution in [0.5, 0.6) is 0 Å². The van der Waals surface area contributed by atoms with Crippen LogP contribution in [0.3, 0.4) is 0 Å². The average molecular weight is 696 g/mol. The van der Waals surface area contributed by atoms with Gasteiger partial charge in [-0.25, -0.2) is 0 Å². The average Bonchev–Trinajstić information content (AvgIpc) is 3.39. The van der Waals surface area contributed by atoms with Gasteiger partial charge < -0.3 is 37.6 Å². The summed E-state index contributed by atoms with van der Waals surface area (Å²) in [5, 5.41) is 12.2. The van der Waals surface area contributed by atoms with Gasteiger partial charge in [0.15, 0.2) is 0 Å². The molecule has 0 spiro atoms. The third-order valence-electron chi connectivity index (χ3n) is 8.50. The molecule has 1 heterocycles. The predicted octanol–water partition coefficient (Wildman–Crippen LogP) is 2.13. The first-order chi connectivity index (χ1) is 23.7. The molecule has 4 atom stereocenters. The highest BCUT2D eigenvalue weighted by Crippen LogP contribution is 2.14. The van der Waals surface area contributed by atoms with E-state index >= 15 is 0 Å².